The number of piperidine rings is 1. The molecule has 0 radical (unpaired) electrons. The Morgan fingerprint density at radius 2 is 1.81 bits per heavy atom. The zero-order valence-corrected chi connectivity index (χ0v) is 16.8. The SMILES string of the molecule is Cc1ccc2c(=O)n(CCCC3CCN(CC4CCCCC4)CC3)oc2c1. The number of fused-ring (bicyclic) bond motifs is 1. The smallest absolute Gasteiger partial charge is 0.290 e. The van der Waals surface area contributed by atoms with Gasteiger partial charge in [-0.3, -0.25) is 4.79 Å². The van der Waals surface area contributed by atoms with E-state index in [4.69, 9.17) is 4.52 Å². The van der Waals surface area contributed by atoms with Crippen LogP contribution >= 0.6 is 0 Å². The predicted octanol–water partition coefficient (Wildman–Crippen LogP) is 4.98. The van der Waals surface area contributed by atoms with Crippen molar-refractivity contribution in [2.24, 2.45) is 11.8 Å². The predicted molar refractivity (Wildman–Crippen MR) is 110 cm³/mol. The number of benzene rings is 1. The van der Waals surface area contributed by atoms with Crippen LogP contribution in [0.2, 0.25) is 0 Å². The minimum Gasteiger partial charge on any atom is -0.376 e. The summed E-state index contributed by atoms with van der Waals surface area (Å²) in [6, 6.07) is 5.81. The van der Waals surface area contributed by atoms with Crippen molar-refractivity contribution in [1.29, 1.82) is 0 Å². The van der Waals surface area contributed by atoms with Crippen molar-refractivity contribution < 1.29 is 4.52 Å². The minimum atomic E-state index is 0.0206. The second kappa shape index (κ2) is 8.64. The topological polar surface area (TPSA) is 38.4 Å². The van der Waals surface area contributed by atoms with Gasteiger partial charge in [0.25, 0.3) is 5.56 Å². The Balaban J connectivity index is 1.21. The fourth-order valence-electron chi connectivity index (χ4n) is 5.04. The van der Waals surface area contributed by atoms with E-state index >= 15 is 0 Å². The van der Waals surface area contributed by atoms with Crippen LogP contribution in [0.1, 0.15) is 63.4 Å². The molecule has 4 rings (SSSR count). The summed E-state index contributed by atoms with van der Waals surface area (Å²) in [6.45, 7) is 6.60. The Kier molecular flexibility index (Phi) is 6.01. The van der Waals surface area contributed by atoms with E-state index in [0.29, 0.717) is 11.9 Å². The van der Waals surface area contributed by atoms with Crippen molar-refractivity contribution >= 4 is 11.0 Å². The van der Waals surface area contributed by atoms with Crippen LogP contribution in [0.15, 0.2) is 27.5 Å². The van der Waals surface area contributed by atoms with Gasteiger partial charge in [-0.05, 0) is 88.1 Å². The summed E-state index contributed by atoms with van der Waals surface area (Å²) >= 11 is 0. The summed E-state index contributed by atoms with van der Waals surface area (Å²) in [4.78, 5) is 15.1. The van der Waals surface area contributed by atoms with Crippen molar-refractivity contribution in [2.75, 3.05) is 19.6 Å². The summed E-state index contributed by atoms with van der Waals surface area (Å²) in [5.74, 6) is 1.77. The minimum absolute atomic E-state index is 0.0206. The summed E-state index contributed by atoms with van der Waals surface area (Å²) in [6.07, 6.45) is 12.1. The van der Waals surface area contributed by atoms with Gasteiger partial charge in [0.15, 0.2) is 5.58 Å². The van der Waals surface area contributed by atoms with E-state index in [1.807, 2.05) is 25.1 Å². The van der Waals surface area contributed by atoms with Crippen LogP contribution in [-0.4, -0.2) is 29.3 Å². The van der Waals surface area contributed by atoms with Gasteiger partial charge in [0, 0.05) is 6.54 Å². The van der Waals surface area contributed by atoms with Gasteiger partial charge in [0.2, 0.25) is 0 Å². The first kappa shape index (κ1) is 18.8. The van der Waals surface area contributed by atoms with E-state index in [1.165, 1.54) is 71.0 Å². The largest absolute Gasteiger partial charge is 0.376 e. The number of aromatic nitrogens is 1. The molecular formula is C23H34N2O2. The first-order valence-electron chi connectivity index (χ1n) is 11.0. The zero-order chi connectivity index (χ0) is 18.6. The number of rotatable bonds is 6. The van der Waals surface area contributed by atoms with Crippen LogP contribution in [0.5, 0.6) is 0 Å². The molecule has 0 N–H and O–H groups in total. The molecule has 0 atom stereocenters. The Labute approximate surface area is 162 Å². The highest BCUT2D eigenvalue weighted by atomic mass is 16.5. The van der Waals surface area contributed by atoms with Crippen LogP contribution in [0.25, 0.3) is 11.0 Å². The molecule has 148 valence electrons. The van der Waals surface area contributed by atoms with Gasteiger partial charge >= 0.3 is 0 Å². The van der Waals surface area contributed by atoms with Crippen molar-refractivity contribution in [3.8, 4) is 0 Å². The Morgan fingerprint density at radius 1 is 1.04 bits per heavy atom. The standard InChI is InChI=1S/C23H34N2O2/c1-18-9-10-21-22(16-18)27-25(23(21)26)13-5-8-19-11-14-24(15-12-19)17-20-6-3-2-4-7-20/h9-10,16,19-20H,2-8,11-15,17H2,1H3. The molecule has 1 aromatic carbocycles. The Morgan fingerprint density at radius 3 is 2.59 bits per heavy atom. The Bertz CT molecular complexity index is 792. The second-order valence-electron chi connectivity index (χ2n) is 8.89. The van der Waals surface area contributed by atoms with Gasteiger partial charge in [-0.1, -0.05) is 25.3 Å². The van der Waals surface area contributed by atoms with Gasteiger partial charge in [-0.15, -0.1) is 0 Å². The maximum Gasteiger partial charge on any atom is 0.290 e. The van der Waals surface area contributed by atoms with Crippen molar-refractivity contribution in [3.05, 3.63) is 34.1 Å². The molecule has 1 aromatic heterocycles. The molecule has 4 heteroatoms. The average molecular weight is 371 g/mol. The van der Waals surface area contributed by atoms with Gasteiger partial charge in [0.1, 0.15) is 0 Å². The molecule has 0 bridgehead atoms. The molecule has 2 heterocycles. The van der Waals surface area contributed by atoms with E-state index in [1.54, 1.807) is 4.74 Å². The zero-order valence-electron chi connectivity index (χ0n) is 16.8. The average Bonchev–Trinajstić information content (AvgIpc) is 2.99. The van der Waals surface area contributed by atoms with E-state index < -0.39 is 0 Å². The van der Waals surface area contributed by atoms with E-state index in [9.17, 15) is 4.79 Å². The molecule has 2 fully saturated rings. The molecule has 1 aliphatic carbocycles. The van der Waals surface area contributed by atoms with Gasteiger partial charge < -0.3 is 9.42 Å². The lowest BCUT2D eigenvalue weighted by Crippen LogP contribution is -2.37. The summed E-state index contributed by atoms with van der Waals surface area (Å²) < 4.78 is 7.32. The van der Waals surface area contributed by atoms with Crippen LogP contribution in [0.4, 0.5) is 0 Å². The molecule has 0 unspecified atom stereocenters. The first-order valence-corrected chi connectivity index (χ1v) is 11.0. The molecular weight excluding hydrogens is 336 g/mol. The quantitative estimate of drug-likeness (QED) is 0.720. The van der Waals surface area contributed by atoms with Gasteiger partial charge in [-0.25, -0.2) is 0 Å². The molecule has 1 saturated heterocycles. The van der Waals surface area contributed by atoms with Crippen molar-refractivity contribution in [1.82, 2.24) is 9.64 Å². The van der Waals surface area contributed by atoms with Crippen LogP contribution < -0.4 is 5.56 Å². The lowest BCUT2D eigenvalue weighted by Gasteiger charge is -2.35. The van der Waals surface area contributed by atoms with Gasteiger partial charge in [-0.2, -0.15) is 4.74 Å². The molecule has 4 nitrogen and oxygen atoms in total. The lowest BCUT2D eigenvalue weighted by atomic mass is 9.87. The molecule has 0 amide bonds. The maximum absolute atomic E-state index is 12.4. The monoisotopic (exact) mass is 370 g/mol. The first-order chi connectivity index (χ1) is 13.2. The lowest BCUT2D eigenvalue weighted by molar-refractivity contribution is 0.139. The molecule has 0 spiro atoms. The van der Waals surface area contributed by atoms with Gasteiger partial charge in [0.05, 0.1) is 11.9 Å². The van der Waals surface area contributed by atoms with E-state index in [0.717, 1.165) is 29.4 Å². The highest BCUT2D eigenvalue weighted by molar-refractivity contribution is 5.76. The Hall–Kier alpha value is -1.55. The molecule has 1 saturated carbocycles. The number of hydrogen-bond donors (Lipinski definition) is 0. The van der Waals surface area contributed by atoms with E-state index in [2.05, 4.69) is 4.90 Å². The fourth-order valence-corrected chi connectivity index (χ4v) is 5.04. The third kappa shape index (κ3) is 4.66. The molecule has 2 aliphatic rings. The number of aryl methyl sites for hydroxylation is 2. The molecule has 27 heavy (non-hydrogen) atoms. The summed E-state index contributed by atoms with van der Waals surface area (Å²) in [7, 11) is 0. The van der Waals surface area contributed by atoms with E-state index in [-0.39, 0.29) is 5.56 Å². The fraction of sp³-hybridized carbons (Fsp3) is 0.696. The van der Waals surface area contributed by atoms with Crippen LogP contribution in [-0.2, 0) is 6.54 Å². The third-order valence-corrected chi connectivity index (χ3v) is 6.72. The molecule has 1 aliphatic heterocycles. The number of hydrogen-bond acceptors (Lipinski definition) is 3. The molecule has 2 aromatic rings. The highest BCUT2D eigenvalue weighted by Gasteiger charge is 2.22. The number of nitrogens with zero attached hydrogens (tertiary/aromatic N) is 2. The number of likely N-dealkylation sites (tertiary alicyclic amines) is 1. The second-order valence-corrected chi connectivity index (χ2v) is 8.89. The van der Waals surface area contributed by atoms with Crippen LogP contribution in [0.3, 0.4) is 0 Å². The van der Waals surface area contributed by atoms with Crippen molar-refractivity contribution in [2.45, 2.75) is 71.3 Å². The third-order valence-electron chi connectivity index (χ3n) is 6.72. The van der Waals surface area contributed by atoms with Crippen molar-refractivity contribution in [3.63, 3.8) is 0 Å². The van der Waals surface area contributed by atoms with Crippen LogP contribution in [0, 0.1) is 18.8 Å². The summed E-state index contributed by atoms with van der Waals surface area (Å²) in [5, 5.41) is 0.705. The maximum atomic E-state index is 12.4. The highest BCUT2D eigenvalue weighted by Crippen LogP contribution is 2.27. The normalized spacial score (nSPS) is 20.5. The summed E-state index contributed by atoms with van der Waals surface area (Å²) in [5.41, 5.74) is 1.87.